The maximum atomic E-state index is 11.8. The number of benzene rings is 1. The van der Waals surface area contributed by atoms with Crippen molar-refractivity contribution in [1.82, 2.24) is 0 Å². The fourth-order valence-corrected chi connectivity index (χ4v) is 4.49. The summed E-state index contributed by atoms with van der Waals surface area (Å²) in [5, 5.41) is 3.41. The zero-order chi connectivity index (χ0) is 16.7. The van der Waals surface area contributed by atoms with E-state index >= 15 is 0 Å². The fraction of sp³-hybridized carbons (Fsp3) is 0.200. The van der Waals surface area contributed by atoms with Crippen molar-refractivity contribution in [2.45, 2.75) is 12.8 Å². The Bertz CT molecular complexity index is 832. The van der Waals surface area contributed by atoms with Gasteiger partial charge in [-0.1, -0.05) is 11.6 Å². The predicted molar refractivity (Wildman–Crippen MR) is 90.4 cm³/mol. The van der Waals surface area contributed by atoms with Crippen LogP contribution in [0.5, 0.6) is 5.75 Å². The van der Waals surface area contributed by atoms with Crippen LogP contribution in [0.4, 0.5) is 9.80 Å². The standard InChI is InChI=1S/C15H14ClN3O3S/c1-22-9-5-4-7-6(11(9)16)2-3-8-10(13(17)20)14(19-15(18)21)23-12(7)8/h4-5H,2-3H2,1H3,(H2,17,20)(H3,18,19,21). The number of hydrogen-bond donors (Lipinski definition) is 3. The lowest BCUT2D eigenvalue weighted by molar-refractivity contribution is 0.100. The summed E-state index contributed by atoms with van der Waals surface area (Å²) in [6.07, 6.45) is 1.26. The van der Waals surface area contributed by atoms with Crippen molar-refractivity contribution < 1.29 is 14.3 Å². The molecule has 1 aromatic carbocycles. The summed E-state index contributed by atoms with van der Waals surface area (Å²) in [6.45, 7) is 0. The number of urea groups is 1. The van der Waals surface area contributed by atoms with Crippen molar-refractivity contribution in [1.29, 1.82) is 0 Å². The molecule has 0 bridgehead atoms. The van der Waals surface area contributed by atoms with Gasteiger partial charge in [0.05, 0.1) is 17.7 Å². The summed E-state index contributed by atoms with van der Waals surface area (Å²) in [7, 11) is 1.56. The van der Waals surface area contributed by atoms with Gasteiger partial charge in [-0.15, -0.1) is 11.3 Å². The van der Waals surface area contributed by atoms with Gasteiger partial charge in [-0.3, -0.25) is 10.1 Å². The third-order valence-corrected chi connectivity index (χ3v) is 5.38. The monoisotopic (exact) mass is 351 g/mol. The molecule has 0 fully saturated rings. The Morgan fingerprint density at radius 1 is 1.26 bits per heavy atom. The van der Waals surface area contributed by atoms with Crippen LogP contribution >= 0.6 is 22.9 Å². The van der Waals surface area contributed by atoms with E-state index in [1.165, 1.54) is 11.3 Å². The number of carbonyl (C=O) groups excluding carboxylic acids is 2. The molecule has 1 heterocycles. The lowest BCUT2D eigenvalue weighted by Crippen LogP contribution is -2.22. The minimum atomic E-state index is -0.737. The van der Waals surface area contributed by atoms with Crippen LogP contribution in [0.25, 0.3) is 10.4 Å². The number of ether oxygens (including phenoxy) is 1. The Labute approximate surface area is 141 Å². The summed E-state index contributed by atoms with van der Waals surface area (Å²) >= 11 is 7.66. The highest BCUT2D eigenvalue weighted by Crippen LogP contribution is 2.48. The number of hydrogen-bond acceptors (Lipinski definition) is 4. The van der Waals surface area contributed by atoms with Gasteiger partial charge in [-0.2, -0.15) is 0 Å². The summed E-state index contributed by atoms with van der Waals surface area (Å²) < 4.78 is 5.24. The van der Waals surface area contributed by atoms with Gasteiger partial charge in [0.2, 0.25) is 0 Å². The second kappa shape index (κ2) is 5.75. The molecule has 3 rings (SSSR count). The molecular weight excluding hydrogens is 338 g/mol. The smallest absolute Gasteiger partial charge is 0.317 e. The number of primary amides is 2. The number of rotatable bonds is 3. The van der Waals surface area contributed by atoms with Gasteiger partial charge in [-0.25, -0.2) is 4.79 Å². The first-order valence-electron chi connectivity index (χ1n) is 6.81. The SMILES string of the molecule is COc1ccc2c(c1Cl)CCc1c-2sc(NC(N)=O)c1C(N)=O. The second-order valence-corrected chi connectivity index (χ2v) is 6.47. The van der Waals surface area contributed by atoms with Crippen LogP contribution in [0.15, 0.2) is 12.1 Å². The van der Waals surface area contributed by atoms with Crippen molar-refractivity contribution in [2.24, 2.45) is 11.5 Å². The molecule has 0 radical (unpaired) electrons. The maximum Gasteiger partial charge on any atom is 0.317 e. The Morgan fingerprint density at radius 2 is 1.96 bits per heavy atom. The average Bonchev–Trinajstić information content (AvgIpc) is 2.85. The third-order valence-electron chi connectivity index (χ3n) is 3.79. The van der Waals surface area contributed by atoms with Crippen LogP contribution in [-0.2, 0) is 12.8 Å². The van der Waals surface area contributed by atoms with E-state index in [1.807, 2.05) is 6.07 Å². The van der Waals surface area contributed by atoms with Crippen LogP contribution in [-0.4, -0.2) is 19.0 Å². The van der Waals surface area contributed by atoms with E-state index in [-0.39, 0.29) is 0 Å². The van der Waals surface area contributed by atoms with Crippen LogP contribution < -0.4 is 21.5 Å². The molecule has 0 unspecified atom stereocenters. The summed E-state index contributed by atoms with van der Waals surface area (Å²) in [6, 6.07) is 2.94. The Morgan fingerprint density at radius 3 is 2.57 bits per heavy atom. The number of thiophene rings is 1. The number of carbonyl (C=O) groups is 2. The molecule has 6 nitrogen and oxygen atoms in total. The van der Waals surface area contributed by atoms with Crippen LogP contribution in [0.1, 0.15) is 21.5 Å². The first-order valence-corrected chi connectivity index (χ1v) is 8.01. The number of anilines is 1. The van der Waals surface area contributed by atoms with Crippen LogP contribution in [0.3, 0.4) is 0 Å². The van der Waals surface area contributed by atoms with Crippen molar-refractivity contribution in [3.8, 4) is 16.2 Å². The number of amides is 3. The minimum absolute atomic E-state index is 0.321. The molecule has 1 aliphatic carbocycles. The number of fused-ring (bicyclic) bond motifs is 3. The number of halogens is 1. The molecule has 23 heavy (non-hydrogen) atoms. The van der Waals surface area contributed by atoms with E-state index in [9.17, 15) is 9.59 Å². The van der Waals surface area contributed by atoms with E-state index in [0.717, 1.165) is 21.6 Å². The molecule has 0 spiro atoms. The lowest BCUT2D eigenvalue weighted by Gasteiger charge is -2.19. The molecule has 1 aliphatic rings. The van der Waals surface area contributed by atoms with E-state index in [0.29, 0.717) is 34.2 Å². The van der Waals surface area contributed by atoms with Crippen molar-refractivity contribution in [3.05, 3.63) is 33.8 Å². The van der Waals surface area contributed by atoms with Crippen molar-refractivity contribution in [2.75, 3.05) is 12.4 Å². The zero-order valence-corrected chi connectivity index (χ0v) is 13.8. The van der Waals surface area contributed by atoms with E-state index in [2.05, 4.69) is 5.32 Å². The Hall–Kier alpha value is -2.25. The zero-order valence-electron chi connectivity index (χ0n) is 12.2. The number of methoxy groups -OCH3 is 1. The topological polar surface area (TPSA) is 107 Å². The third kappa shape index (κ3) is 2.51. The van der Waals surface area contributed by atoms with E-state index < -0.39 is 11.9 Å². The highest BCUT2D eigenvalue weighted by molar-refractivity contribution is 7.20. The normalized spacial score (nSPS) is 12.3. The van der Waals surface area contributed by atoms with Gasteiger partial charge in [0.15, 0.2) is 0 Å². The maximum absolute atomic E-state index is 11.8. The lowest BCUT2D eigenvalue weighted by atomic mass is 9.89. The molecular formula is C15H14ClN3O3S. The van der Waals surface area contributed by atoms with Gasteiger partial charge in [0.25, 0.3) is 5.91 Å². The molecule has 120 valence electrons. The predicted octanol–water partition coefficient (Wildman–Crippen LogP) is 2.77. The molecule has 8 heteroatoms. The summed E-state index contributed by atoms with van der Waals surface area (Å²) in [5.74, 6) is 0.0188. The van der Waals surface area contributed by atoms with Crippen molar-refractivity contribution in [3.63, 3.8) is 0 Å². The highest BCUT2D eigenvalue weighted by Gasteiger charge is 2.29. The Balaban J connectivity index is 2.22. The largest absolute Gasteiger partial charge is 0.495 e. The molecule has 2 aromatic rings. The highest BCUT2D eigenvalue weighted by atomic mass is 35.5. The molecule has 0 aliphatic heterocycles. The molecule has 5 N–H and O–H groups in total. The van der Waals surface area contributed by atoms with Gasteiger partial charge in [0, 0.05) is 4.88 Å². The van der Waals surface area contributed by atoms with Crippen LogP contribution in [0.2, 0.25) is 5.02 Å². The molecule has 0 saturated carbocycles. The summed E-state index contributed by atoms with van der Waals surface area (Å²) in [4.78, 5) is 23.8. The molecule has 1 aromatic heterocycles. The van der Waals surface area contributed by atoms with Gasteiger partial charge in [-0.05, 0) is 41.7 Å². The molecule has 3 amide bonds. The van der Waals surface area contributed by atoms with Gasteiger partial charge in [0.1, 0.15) is 10.8 Å². The number of nitrogens with one attached hydrogen (secondary N) is 1. The van der Waals surface area contributed by atoms with E-state index in [1.54, 1.807) is 13.2 Å². The Kier molecular flexibility index (Phi) is 3.91. The fourth-order valence-electron chi connectivity index (χ4n) is 2.85. The van der Waals surface area contributed by atoms with Crippen LogP contribution in [0, 0.1) is 0 Å². The quantitative estimate of drug-likeness (QED) is 0.791. The second-order valence-electron chi connectivity index (χ2n) is 5.08. The van der Waals surface area contributed by atoms with Gasteiger partial charge >= 0.3 is 6.03 Å². The van der Waals surface area contributed by atoms with Crippen molar-refractivity contribution >= 4 is 39.9 Å². The molecule has 0 atom stereocenters. The molecule has 0 saturated heterocycles. The van der Waals surface area contributed by atoms with E-state index in [4.69, 9.17) is 27.8 Å². The average molecular weight is 352 g/mol. The number of nitrogens with two attached hydrogens (primary N) is 2. The summed E-state index contributed by atoms with van der Waals surface area (Å²) in [5.41, 5.74) is 13.7. The first kappa shape index (κ1) is 15.6. The first-order chi connectivity index (χ1) is 10.9. The minimum Gasteiger partial charge on any atom is -0.495 e. The van der Waals surface area contributed by atoms with Gasteiger partial charge < -0.3 is 16.2 Å².